The maximum atomic E-state index is 13.5. The molecule has 3 N–H and O–H groups in total. The Kier molecular flexibility index (Phi) is 4.49. The minimum absolute atomic E-state index is 0.231. The Morgan fingerprint density at radius 2 is 2.18 bits per heavy atom. The van der Waals surface area contributed by atoms with Crippen LogP contribution >= 0.6 is 0 Å². The highest BCUT2D eigenvalue weighted by molar-refractivity contribution is 7.89. The summed E-state index contributed by atoms with van der Waals surface area (Å²) < 4.78 is 35.4. The molecule has 0 saturated carbocycles. The molecule has 0 aromatic heterocycles. The van der Waals surface area contributed by atoms with E-state index < -0.39 is 15.8 Å². The van der Waals surface area contributed by atoms with Gasteiger partial charge in [0.25, 0.3) is 0 Å². The number of nitrogens with two attached hydrogens (primary N) is 1. The molecular formula is C11H13FN2O2S. The van der Waals surface area contributed by atoms with E-state index in [0.29, 0.717) is 19.4 Å². The molecule has 1 aromatic carbocycles. The second-order valence-electron chi connectivity index (χ2n) is 3.42. The maximum Gasteiger partial charge on any atom is 0.238 e. The van der Waals surface area contributed by atoms with Gasteiger partial charge < -0.3 is 5.32 Å². The van der Waals surface area contributed by atoms with Gasteiger partial charge in [-0.1, -0.05) is 0 Å². The predicted molar refractivity (Wildman–Crippen MR) is 64.3 cm³/mol. The fourth-order valence-electron chi connectivity index (χ4n) is 1.23. The Morgan fingerprint density at radius 3 is 2.71 bits per heavy atom. The van der Waals surface area contributed by atoms with E-state index in [1.54, 1.807) is 0 Å². The van der Waals surface area contributed by atoms with Gasteiger partial charge in [-0.3, -0.25) is 0 Å². The van der Waals surface area contributed by atoms with Crippen molar-refractivity contribution < 1.29 is 12.8 Å². The summed E-state index contributed by atoms with van der Waals surface area (Å²) in [6.07, 6.45) is 6.39. The third-order valence-electron chi connectivity index (χ3n) is 2.08. The fraction of sp³-hybridized carbons (Fsp3) is 0.273. The average molecular weight is 256 g/mol. The highest BCUT2D eigenvalue weighted by atomic mass is 32.2. The van der Waals surface area contributed by atoms with Gasteiger partial charge in [0.1, 0.15) is 5.82 Å². The van der Waals surface area contributed by atoms with E-state index in [1.165, 1.54) is 12.1 Å². The first-order valence-electron chi connectivity index (χ1n) is 4.95. The lowest BCUT2D eigenvalue weighted by Crippen LogP contribution is -2.13. The second-order valence-corrected chi connectivity index (χ2v) is 4.98. The standard InChI is InChI=1S/C11H13FN2O2S/c1-2-3-4-7-14-11-6-5-9(8-10(11)12)17(13,15)16/h1,5-6,8,14H,3-4,7H2,(H2,13,15,16). The lowest BCUT2D eigenvalue weighted by atomic mass is 10.2. The summed E-state index contributed by atoms with van der Waals surface area (Å²) >= 11 is 0. The van der Waals surface area contributed by atoms with Crippen LogP contribution in [0, 0.1) is 18.2 Å². The summed E-state index contributed by atoms with van der Waals surface area (Å²) in [5.74, 6) is 1.81. The number of hydrogen-bond acceptors (Lipinski definition) is 3. The van der Waals surface area contributed by atoms with Crippen molar-refractivity contribution in [2.24, 2.45) is 5.14 Å². The van der Waals surface area contributed by atoms with Crippen LogP contribution < -0.4 is 10.5 Å². The van der Waals surface area contributed by atoms with E-state index in [1.807, 2.05) is 0 Å². The number of rotatable bonds is 5. The highest BCUT2D eigenvalue weighted by Gasteiger charge is 2.10. The quantitative estimate of drug-likeness (QED) is 0.616. The van der Waals surface area contributed by atoms with E-state index in [-0.39, 0.29) is 10.6 Å². The van der Waals surface area contributed by atoms with Crippen molar-refractivity contribution in [2.75, 3.05) is 11.9 Å². The molecule has 0 aliphatic rings. The fourth-order valence-corrected chi connectivity index (χ4v) is 1.76. The molecule has 0 saturated heterocycles. The zero-order valence-electron chi connectivity index (χ0n) is 9.11. The normalized spacial score (nSPS) is 10.9. The van der Waals surface area contributed by atoms with E-state index in [2.05, 4.69) is 11.2 Å². The van der Waals surface area contributed by atoms with Crippen LogP contribution in [0.5, 0.6) is 0 Å². The van der Waals surface area contributed by atoms with Crippen molar-refractivity contribution in [3.05, 3.63) is 24.0 Å². The summed E-state index contributed by atoms with van der Waals surface area (Å²) in [6, 6.07) is 3.48. The first-order chi connectivity index (χ1) is 7.95. The molecule has 0 spiro atoms. The third kappa shape index (κ3) is 4.06. The Labute approximate surface area is 100 Å². The first-order valence-corrected chi connectivity index (χ1v) is 6.49. The molecule has 1 rings (SSSR count). The summed E-state index contributed by atoms with van der Waals surface area (Å²) in [5, 5.41) is 7.70. The summed E-state index contributed by atoms with van der Waals surface area (Å²) in [4.78, 5) is -0.246. The van der Waals surface area contributed by atoms with Gasteiger partial charge in [0, 0.05) is 13.0 Å². The molecule has 0 heterocycles. The lowest BCUT2D eigenvalue weighted by Gasteiger charge is -2.07. The molecule has 0 aliphatic carbocycles. The van der Waals surface area contributed by atoms with Gasteiger partial charge in [0.15, 0.2) is 0 Å². The summed E-state index contributed by atoms with van der Waals surface area (Å²) in [6.45, 7) is 0.524. The van der Waals surface area contributed by atoms with Crippen LogP contribution in [-0.4, -0.2) is 15.0 Å². The molecular weight excluding hydrogens is 243 g/mol. The molecule has 0 aliphatic heterocycles. The Morgan fingerprint density at radius 1 is 1.47 bits per heavy atom. The third-order valence-corrected chi connectivity index (χ3v) is 2.99. The van der Waals surface area contributed by atoms with Crippen molar-refractivity contribution in [1.29, 1.82) is 0 Å². The van der Waals surface area contributed by atoms with Crippen molar-refractivity contribution in [3.63, 3.8) is 0 Å². The number of halogens is 1. The highest BCUT2D eigenvalue weighted by Crippen LogP contribution is 2.18. The predicted octanol–water partition coefficient (Wildman–Crippen LogP) is 1.30. The Balaban J connectivity index is 2.74. The molecule has 0 bridgehead atoms. The number of sulfonamides is 1. The number of benzene rings is 1. The van der Waals surface area contributed by atoms with E-state index in [0.717, 1.165) is 6.07 Å². The average Bonchev–Trinajstić information content (AvgIpc) is 2.24. The second kappa shape index (κ2) is 5.66. The molecule has 0 radical (unpaired) electrons. The topological polar surface area (TPSA) is 72.2 Å². The molecule has 92 valence electrons. The monoisotopic (exact) mass is 256 g/mol. The van der Waals surface area contributed by atoms with Gasteiger partial charge >= 0.3 is 0 Å². The zero-order chi connectivity index (χ0) is 12.9. The molecule has 0 atom stereocenters. The zero-order valence-corrected chi connectivity index (χ0v) is 9.93. The van der Waals surface area contributed by atoms with Crippen molar-refractivity contribution in [2.45, 2.75) is 17.7 Å². The molecule has 1 aromatic rings. The molecule has 0 amide bonds. The van der Waals surface area contributed by atoms with Crippen LogP contribution in [0.2, 0.25) is 0 Å². The van der Waals surface area contributed by atoms with Crippen LogP contribution in [0.1, 0.15) is 12.8 Å². The van der Waals surface area contributed by atoms with Gasteiger partial charge in [0.05, 0.1) is 10.6 Å². The van der Waals surface area contributed by atoms with Crippen LogP contribution in [0.15, 0.2) is 23.1 Å². The maximum absolute atomic E-state index is 13.5. The SMILES string of the molecule is C#CCCCNc1ccc(S(N)(=O)=O)cc1F. The van der Waals surface area contributed by atoms with Crippen LogP contribution in [0.4, 0.5) is 10.1 Å². The first kappa shape index (κ1) is 13.5. The number of anilines is 1. The van der Waals surface area contributed by atoms with E-state index in [4.69, 9.17) is 11.6 Å². The summed E-state index contributed by atoms with van der Waals surface area (Å²) in [7, 11) is -3.87. The largest absolute Gasteiger partial charge is 0.383 e. The van der Waals surface area contributed by atoms with E-state index >= 15 is 0 Å². The van der Waals surface area contributed by atoms with Gasteiger partial charge in [-0.15, -0.1) is 12.3 Å². The number of nitrogens with one attached hydrogen (secondary N) is 1. The van der Waals surface area contributed by atoms with Crippen LogP contribution in [0.25, 0.3) is 0 Å². The molecule has 4 nitrogen and oxygen atoms in total. The number of terminal acetylenes is 1. The molecule has 0 fully saturated rings. The minimum Gasteiger partial charge on any atom is -0.383 e. The number of primary sulfonamides is 1. The van der Waals surface area contributed by atoms with Crippen LogP contribution in [-0.2, 0) is 10.0 Å². The van der Waals surface area contributed by atoms with Gasteiger partial charge in [-0.2, -0.15) is 0 Å². The lowest BCUT2D eigenvalue weighted by molar-refractivity contribution is 0.593. The van der Waals surface area contributed by atoms with Crippen molar-refractivity contribution in [1.82, 2.24) is 0 Å². The van der Waals surface area contributed by atoms with E-state index in [9.17, 15) is 12.8 Å². The molecule has 0 unspecified atom stereocenters. The molecule has 6 heteroatoms. The number of unbranched alkanes of at least 4 members (excludes halogenated alkanes) is 1. The van der Waals surface area contributed by atoms with Crippen molar-refractivity contribution in [3.8, 4) is 12.3 Å². The minimum atomic E-state index is -3.87. The van der Waals surface area contributed by atoms with Crippen molar-refractivity contribution >= 4 is 15.7 Å². The van der Waals surface area contributed by atoms with Crippen LogP contribution in [0.3, 0.4) is 0 Å². The van der Waals surface area contributed by atoms with Gasteiger partial charge in [-0.05, 0) is 24.6 Å². The Bertz CT molecular complexity index is 535. The Hall–Kier alpha value is -1.58. The smallest absolute Gasteiger partial charge is 0.238 e. The molecule has 17 heavy (non-hydrogen) atoms. The number of hydrogen-bond donors (Lipinski definition) is 2. The van der Waals surface area contributed by atoms with Gasteiger partial charge in [-0.25, -0.2) is 17.9 Å². The summed E-state index contributed by atoms with van der Waals surface area (Å²) in [5.41, 5.74) is 0.231. The van der Waals surface area contributed by atoms with Gasteiger partial charge in [0.2, 0.25) is 10.0 Å².